The largest absolute Gasteiger partial charge is 0.354 e. The van der Waals surface area contributed by atoms with Crippen LogP contribution in [0.5, 0.6) is 0 Å². The van der Waals surface area contributed by atoms with Crippen molar-refractivity contribution in [3.63, 3.8) is 0 Å². The smallest absolute Gasteiger partial charge is 0.221 e. The van der Waals surface area contributed by atoms with Gasteiger partial charge in [0, 0.05) is 19.0 Å². The zero-order valence-corrected chi connectivity index (χ0v) is 12.2. The molecule has 0 saturated heterocycles. The van der Waals surface area contributed by atoms with Crippen molar-refractivity contribution < 1.29 is 4.79 Å². The Hall–Kier alpha value is -0.570. The van der Waals surface area contributed by atoms with Crippen molar-refractivity contribution in [1.29, 1.82) is 0 Å². The molecule has 2 atom stereocenters. The minimum absolute atomic E-state index is 0.156. The third-order valence-corrected chi connectivity index (χ3v) is 2.92. The molecule has 0 aliphatic rings. The third-order valence-electron chi connectivity index (χ3n) is 2.92. The number of rotatable bonds is 9. The van der Waals surface area contributed by atoms with Crippen LogP contribution in [0.15, 0.2) is 0 Å². The van der Waals surface area contributed by atoms with Crippen molar-refractivity contribution in [3.8, 4) is 0 Å². The normalized spacial score (nSPS) is 14.7. The second-order valence-electron chi connectivity index (χ2n) is 5.57. The van der Waals surface area contributed by atoms with Crippen LogP contribution in [0.3, 0.4) is 0 Å². The summed E-state index contributed by atoms with van der Waals surface area (Å²) in [6, 6.07) is 0.294. The molecule has 0 bridgehead atoms. The number of carbonyl (C=O) groups is 1. The second kappa shape index (κ2) is 9.46. The highest BCUT2D eigenvalue weighted by molar-refractivity contribution is 5.76. The number of amides is 1. The molecule has 0 aromatic rings. The van der Waals surface area contributed by atoms with Crippen LogP contribution in [-0.4, -0.2) is 25.0 Å². The topological polar surface area (TPSA) is 41.1 Å². The Balaban J connectivity index is 3.47. The van der Waals surface area contributed by atoms with Gasteiger partial charge in [-0.2, -0.15) is 0 Å². The first-order chi connectivity index (χ1) is 7.95. The Kier molecular flexibility index (Phi) is 9.14. The molecule has 0 fully saturated rings. The van der Waals surface area contributed by atoms with Gasteiger partial charge in [0.15, 0.2) is 0 Å². The molecule has 1 amide bonds. The van der Waals surface area contributed by atoms with Crippen LogP contribution in [0.25, 0.3) is 0 Å². The van der Waals surface area contributed by atoms with Gasteiger partial charge in [0.1, 0.15) is 0 Å². The lowest BCUT2D eigenvalue weighted by atomic mass is 9.99. The minimum atomic E-state index is 0.156. The highest BCUT2D eigenvalue weighted by Gasteiger charge is 2.06. The van der Waals surface area contributed by atoms with E-state index in [9.17, 15) is 4.79 Å². The Labute approximate surface area is 107 Å². The van der Waals surface area contributed by atoms with E-state index in [0.717, 1.165) is 25.4 Å². The van der Waals surface area contributed by atoms with E-state index in [1.165, 1.54) is 6.42 Å². The first-order valence-corrected chi connectivity index (χ1v) is 6.95. The van der Waals surface area contributed by atoms with Crippen molar-refractivity contribution in [2.45, 2.75) is 59.9 Å². The molecule has 102 valence electrons. The molecule has 0 aliphatic heterocycles. The summed E-state index contributed by atoms with van der Waals surface area (Å²) in [6.45, 7) is 12.7. The van der Waals surface area contributed by atoms with Crippen molar-refractivity contribution >= 4 is 5.91 Å². The van der Waals surface area contributed by atoms with Gasteiger partial charge in [-0.1, -0.05) is 27.7 Å². The lowest BCUT2D eigenvalue weighted by molar-refractivity contribution is -0.121. The number of nitrogens with one attached hydrogen (secondary N) is 2. The Bertz CT molecular complexity index is 204. The van der Waals surface area contributed by atoms with Gasteiger partial charge in [-0.15, -0.1) is 0 Å². The molecule has 0 radical (unpaired) electrons. The molecule has 0 rings (SSSR count). The first kappa shape index (κ1) is 16.4. The van der Waals surface area contributed by atoms with Crippen LogP contribution < -0.4 is 10.6 Å². The van der Waals surface area contributed by atoms with E-state index < -0.39 is 0 Å². The highest BCUT2D eigenvalue weighted by atomic mass is 16.1. The maximum Gasteiger partial charge on any atom is 0.221 e. The van der Waals surface area contributed by atoms with Crippen LogP contribution in [0.4, 0.5) is 0 Å². The Morgan fingerprint density at radius 2 is 1.82 bits per heavy atom. The molecule has 17 heavy (non-hydrogen) atoms. The fourth-order valence-corrected chi connectivity index (χ4v) is 1.89. The summed E-state index contributed by atoms with van der Waals surface area (Å²) < 4.78 is 0. The van der Waals surface area contributed by atoms with E-state index in [0.29, 0.717) is 18.4 Å². The third kappa shape index (κ3) is 10.3. The standard InChI is InChI=1S/C14H30N2O/c1-6-13(5)16-14(17)7-8-15-10-12(4)9-11(2)3/h11-13,15H,6-10H2,1-5H3,(H,16,17). The zero-order valence-electron chi connectivity index (χ0n) is 12.2. The van der Waals surface area contributed by atoms with Crippen LogP contribution in [0.1, 0.15) is 53.9 Å². The number of hydrogen-bond acceptors (Lipinski definition) is 2. The highest BCUT2D eigenvalue weighted by Crippen LogP contribution is 2.09. The lowest BCUT2D eigenvalue weighted by Gasteiger charge is -2.15. The maximum atomic E-state index is 11.5. The molecule has 0 heterocycles. The van der Waals surface area contributed by atoms with E-state index in [2.05, 4.69) is 38.3 Å². The molecule has 0 saturated carbocycles. The number of hydrogen-bond donors (Lipinski definition) is 2. The summed E-state index contributed by atoms with van der Waals surface area (Å²) in [5.74, 6) is 1.59. The molecule has 0 aliphatic carbocycles. The van der Waals surface area contributed by atoms with Crippen molar-refractivity contribution in [2.75, 3.05) is 13.1 Å². The van der Waals surface area contributed by atoms with Crippen LogP contribution in [0, 0.1) is 11.8 Å². The zero-order chi connectivity index (χ0) is 13.3. The van der Waals surface area contributed by atoms with Crippen LogP contribution >= 0.6 is 0 Å². The van der Waals surface area contributed by atoms with Gasteiger partial charge in [-0.05, 0) is 38.1 Å². The van der Waals surface area contributed by atoms with Crippen LogP contribution in [-0.2, 0) is 4.79 Å². The molecule has 2 N–H and O–H groups in total. The quantitative estimate of drug-likeness (QED) is 0.610. The summed E-state index contributed by atoms with van der Waals surface area (Å²) in [7, 11) is 0. The summed E-state index contributed by atoms with van der Waals surface area (Å²) in [4.78, 5) is 11.5. The SMILES string of the molecule is CCC(C)NC(=O)CCNCC(C)CC(C)C. The molecule has 3 nitrogen and oxygen atoms in total. The molecule has 0 aromatic heterocycles. The molecule has 2 unspecified atom stereocenters. The minimum Gasteiger partial charge on any atom is -0.354 e. The summed E-state index contributed by atoms with van der Waals surface area (Å²) in [6.07, 6.45) is 2.81. The fourth-order valence-electron chi connectivity index (χ4n) is 1.89. The van der Waals surface area contributed by atoms with E-state index in [1.807, 2.05) is 6.92 Å². The average molecular weight is 242 g/mol. The van der Waals surface area contributed by atoms with Gasteiger partial charge >= 0.3 is 0 Å². The number of carbonyl (C=O) groups excluding carboxylic acids is 1. The Morgan fingerprint density at radius 3 is 2.35 bits per heavy atom. The van der Waals surface area contributed by atoms with Gasteiger partial charge in [0.2, 0.25) is 5.91 Å². The van der Waals surface area contributed by atoms with Gasteiger partial charge in [0.25, 0.3) is 0 Å². The van der Waals surface area contributed by atoms with Gasteiger partial charge in [-0.25, -0.2) is 0 Å². The molecular formula is C14H30N2O. The lowest BCUT2D eigenvalue weighted by Crippen LogP contribution is -2.34. The molecule has 0 spiro atoms. The average Bonchev–Trinajstić information content (AvgIpc) is 2.23. The van der Waals surface area contributed by atoms with E-state index in [1.54, 1.807) is 0 Å². The predicted octanol–water partition coefficient (Wildman–Crippen LogP) is 2.56. The molecule has 0 aromatic carbocycles. The van der Waals surface area contributed by atoms with E-state index in [4.69, 9.17) is 0 Å². The Morgan fingerprint density at radius 1 is 1.18 bits per heavy atom. The molecule has 3 heteroatoms. The fraction of sp³-hybridized carbons (Fsp3) is 0.929. The molecular weight excluding hydrogens is 212 g/mol. The van der Waals surface area contributed by atoms with Gasteiger partial charge in [-0.3, -0.25) is 4.79 Å². The van der Waals surface area contributed by atoms with Crippen molar-refractivity contribution in [3.05, 3.63) is 0 Å². The van der Waals surface area contributed by atoms with E-state index >= 15 is 0 Å². The summed E-state index contributed by atoms with van der Waals surface area (Å²) in [5.41, 5.74) is 0. The van der Waals surface area contributed by atoms with Crippen molar-refractivity contribution in [2.24, 2.45) is 11.8 Å². The first-order valence-electron chi connectivity index (χ1n) is 6.95. The van der Waals surface area contributed by atoms with Gasteiger partial charge in [0.05, 0.1) is 0 Å². The van der Waals surface area contributed by atoms with Crippen molar-refractivity contribution in [1.82, 2.24) is 10.6 Å². The maximum absolute atomic E-state index is 11.5. The van der Waals surface area contributed by atoms with E-state index in [-0.39, 0.29) is 5.91 Å². The van der Waals surface area contributed by atoms with Crippen LogP contribution in [0.2, 0.25) is 0 Å². The summed E-state index contributed by atoms with van der Waals surface area (Å²) in [5, 5.41) is 6.32. The second-order valence-corrected chi connectivity index (χ2v) is 5.57. The monoisotopic (exact) mass is 242 g/mol. The summed E-state index contributed by atoms with van der Waals surface area (Å²) >= 11 is 0. The predicted molar refractivity (Wildman–Crippen MR) is 74.0 cm³/mol. The van der Waals surface area contributed by atoms with Gasteiger partial charge < -0.3 is 10.6 Å².